The molecule has 2 rings (SSSR count). The first kappa shape index (κ1) is 13.7. The molecule has 0 spiro atoms. The number of nitrogens with zero attached hydrogens (tertiary/aromatic N) is 2. The van der Waals surface area contributed by atoms with Crippen molar-refractivity contribution in [3.8, 4) is 6.07 Å². The lowest BCUT2D eigenvalue weighted by Gasteiger charge is -2.45. The van der Waals surface area contributed by atoms with Gasteiger partial charge in [0.15, 0.2) is 0 Å². The van der Waals surface area contributed by atoms with E-state index in [1.165, 1.54) is 0 Å². The molecule has 7 nitrogen and oxygen atoms in total. The van der Waals surface area contributed by atoms with E-state index in [0.717, 1.165) is 0 Å². The normalized spacial score (nSPS) is 42.4. The highest BCUT2D eigenvalue weighted by atomic mass is 16.5. The number of hydrogen-bond acceptors (Lipinski definition) is 7. The van der Waals surface area contributed by atoms with E-state index in [4.69, 9.17) is 19.8 Å². The van der Waals surface area contributed by atoms with E-state index in [1.54, 1.807) is 4.90 Å². The predicted octanol–water partition coefficient (Wildman–Crippen LogP) is -2.31. The fraction of sp³-hybridized carbons (Fsp3) is 0.909. The summed E-state index contributed by atoms with van der Waals surface area (Å²) in [7, 11) is 0. The summed E-state index contributed by atoms with van der Waals surface area (Å²) in [4.78, 5) is 1.80. The Labute approximate surface area is 105 Å². The van der Waals surface area contributed by atoms with E-state index in [2.05, 4.69) is 6.07 Å². The maximum Gasteiger partial charge on any atom is 0.122 e. The molecular weight excluding hydrogens is 240 g/mol. The summed E-state index contributed by atoms with van der Waals surface area (Å²) < 4.78 is 10.5. The second kappa shape index (κ2) is 5.93. The number of nitriles is 1. The molecule has 0 aromatic carbocycles. The van der Waals surface area contributed by atoms with Gasteiger partial charge in [0.1, 0.15) is 24.4 Å². The van der Waals surface area contributed by atoms with Crippen LogP contribution >= 0.6 is 0 Å². The summed E-state index contributed by atoms with van der Waals surface area (Å²) in [6, 6.07) is 1.22. The smallest absolute Gasteiger partial charge is 0.122 e. The second-order valence-electron chi connectivity index (χ2n) is 4.56. The maximum absolute atomic E-state index is 10.1. The zero-order valence-corrected chi connectivity index (χ0v) is 9.97. The molecule has 2 saturated heterocycles. The van der Waals surface area contributed by atoms with Gasteiger partial charge < -0.3 is 24.8 Å². The van der Waals surface area contributed by atoms with Crippen LogP contribution < -0.4 is 0 Å². The third kappa shape index (κ3) is 2.49. The van der Waals surface area contributed by atoms with Gasteiger partial charge in [0.05, 0.1) is 38.5 Å². The van der Waals surface area contributed by atoms with Crippen LogP contribution in [0.25, 0.3) is 0 Å². The van der Waals surface area contributed by atoms with Crippen molar-refractivity contribution in [3.63, 3.8) is 0 Å². The zero-order valence-electron chi connectivity index (χ0n) is 9.97. The molecule has 0 aliphatic carbocycles. The minimum absolute atomic E-state index is 0.182. The lowest BCUT2D eigenvalue weighted by molar-refractivity contribution is -0.191. The van der Waals surface area contributed by atoms with Crippen LogP contribution in [0.2, 0.25) is 0 Å². The monoisotopic (exact) mass is 258 g/mol. The standard InChI is InChI=1S/C11H18N2O5/c12-3-7-5-17-2-1-13(7)8-6-18-9(4-14)11(16)10(8)15/h7-11,14-16H,1-2,4-6H2/t7?,8-,9-,10-,11-/m1/s1. The number of aliphatic hydroxyl groups is 3. The summed E-state index contributed by atoms with van der Waals surface area (Å²) in [5.41, 5.74) is 0. The van der Waals surface area contributed by atoms with Crippen LogP contribution in [0.1, 0.15) is 0 Å². The lowest BCUT2D eigenvalue weighted by Crippen LogP contribution is -2.63. The number of rotatable bonds is 2. The molecule has 7 heteroatoms. The average Bonchev–Trinajstić information content (AvgIpc) is 2.42. The number of morpholine rings is 1. The summed E-state index contributed by atoms with van der Waals surface area (Å²) >= 11 is 0. The SMILES string of the molecule is N#CC1COCCN1[C@@H]1CO[C@H](CO)[C@@H](O)[C@@H]1O. The summed E-state index contributed by atoms with van der Waals surface area (Å²) in [5, 5.41) is 37.9. The first-order chi connectivity index (χ1) is 8.69. The Bertz CT molecular complexity index is 321. The fourth-order valence-corrected chi connectivity index (χ4v) is 2.44. The highest BCUT2D eigenvalue weighted by Gasteiger charge is 2.43. The molecule has 5 atom stereocenters. The Morgan fingerprint density at radius 1 is 1.28 bits per heavy atom. The Morgan fingerprint density at radius 3 is 2.72 bits per heavy atom. The molecule has 2 aliphatic heterocycles. The van der Waals surface area contributed by atoms with Crippen LogP contribution in [-0.4, -0.2) is 83.6 Å². The van der Waals surface area contributed by atoms with Crippen molar-refractivity contribution in [2.24, 2.45) is 0 Å². The van der Waals surface area contributed by atoms with Crippen LogP contribution in [0.3, 0.4) is 0 Å². The van der Waals surface area contributed by atoms with E-state index >= 15 is 0 Å². The minimum atomic E-state index is -1.14. The summed E-state index contributed by atoms with van der Waals surface area (Å²) in [6.07, 6.45) is -2.95. The first-order valence-corrected chi connectivity index (χ1v) is 6.00. The van der Waals surface area contributed by atoms with Gasteiger partial charge in [-0.3, -0.25) is 4.90 Å². The van der Waals surface area contributed by atoms with Gasteiger partial charge in [-0.05, 0) is 0 Å². The summed E-state index contributed by atoms with van der Waals surface area (Å²) in [6.45, 7) is 1.14. The first-order valence-electron chi connectivity index (χ1n) is 6.00. The molecule has 0 aromatic rings. The van der Waals surface area contributed by atoms with Crippen molar-refractivity contribution in [3.05, 3.63) is 0 Å². The minimum Gasteiger partial charge on any atom is -0.394 e. The van der Waals surface area contributed by atoms with E-state index in [9.17, 15) is 10.2 Å². The Kier molecular flexibility index (Phi) is 4.50. The molecule has 0 aromatic heterocycles. The maximum atomic E-state index is 10.1. The van der Waals surface area contributed by atoms with Crippen molar-refractivity contribution in [1.29, 1.82) is 5.26 Å². The van der Waals surface area contributed by atoms with E-state index in [1.807, 2.05) is 0 Å². The largest absolute Gasteiger partial charge is 0.394 e. The molecule has 0 amide bonds. The van der Waals surface area contributed by atoms with Crippen molar-refractivity contribution >= 4 is 0 Å². The summed E-state index contributed by atoms with van der Waals surface area (Å²) in [5.74, 6) is 0. The van der Waals surface area contributed by atoms with Crippen LogP contribution in [0.4, 0.5) is 0 Å². The molecule has 2 aliphatic rings. The Hall–Kier alpha value is -0.750. The highest BCUT2D eigenvalue weighted by molar-refractivity contribution is 5.01. The van der Waals surface area contributed by atoms with E-state index in [0.29, 0.717) is 19.8 Å². The molecule has 2 fully saturated rings. The third-order valence-corrected chi connectivity index (χ3v) is 3.53. The van der Waals surface area contributed by atoms with Crippen LogP contribution in [-0.2, 0) is 9.47 Å². The Morgan fingerprint density at radius 2 is 2.06 bits per heavy atom. The van der Waals surface area contributed by atoms with E-state index in [-0.39, 0.29) is 13.2 Å². The van der Waals surface area contributed by atoms with Gasteiger partial charge in [0.25, 0.3) is 0 Å². The predicted molar refractivity (Wildman–Crippen MR) is 59.6 cm³/mol. The van der Waals surface area contributed by atoms with Gasteiger partial charge in [-0.2, -0.15) is 5.26 Å². The fourth-order valence-electron chi connectivity index (χ4n) is 2.44. The topological polar surface area (TPSA) is 106 Å². The number of hydrogen-bond donors (Lipinski definition) is 3. The molecule has 0 saturated carbocycles. The van der Waals surface area contributed by atoms with E-state index < -0.39 is 30.4 Å². The number of ether oxygens (including phenoxy) is 2. The third-order valence-electron chi connectivity index (χ3n) is 3.53. The van der Waals surface area contributed by atoms with Gasteiger partial charge in [0, 0.05) is 6.54 Å². The molecule has 0 radical (unpaired) electrons. The lowest BCUT2D eigenvalue weighted by atomic mass is 9.96. The van der Waals surface area contributed by atoms with Gasteiger partial charge in [-0.25, -0.2) is 0 Å². The zero-order chi connectivity index (χ0) is 13.1. The van der Waals surface area contributed by atoms with Crippen LogP contribution in [0, 0.1) is 11.3 Å². The Balaban J connectivity index is 2.06. The van der Waals surface area contributed by atoms with Gasteiger partial charge >= 0.3 is 0 Å². The molecule has 2 heterocycles. The molecule has 3 N–H and O–H groups in total. The van der Waals surface area contributed by atoms with Crippen molar-refractivity contribution < 1.29 is 24.8 Å². The van der Waals surface area contributed by atoms with Crippen LogP contribution in [0.5, 0.6) is 0 Å². The highest BCUT2D eigenvalue weighted by Crippen LogP contribution is 2.22. The molecule has 102 valence electrons. The van der Waals surface area contributed by atoms with Gasteiger partial charge in [-0.15, -0.1) is 0 Å². The molecule has 0 bridgehead atoms. The van der Waals surface area contributed by atoms with Crippen molar-refractivity contribution in [2.75, 3.05) is 33.0 Å². The molecule has 18 heavy (non-hydrogen) atoms. The quantitative estimate of drug-likeness (QED) is 0.511. The number of aliphatic hydroxyl groups excluding tert-OH is 3. The van der Waals surface area contributed by atoms with Crippen molar-refractivity contribution in [1.82, 2.24) is 4.90 Å². The van der Waals surface area contributed by atoms with Gasteiger partial charge in [0.2, 0.25) is 0 Å². The van der Waals surface area contributed by atoms with Crippen LogP contribution in [0.15, 0.2) is 0 Å². The molecular formula is C11H18N2O5. The molecule has 1 unspecified atom stereocenters. The van der Waals surface area contributed by atoms with Crippen molar-refractivity contribution in [2.45, 2.75) is 30.4 Å². The second-order valence-corrected chi connectivity index (χ2v) is 4.56. The van der Waals surface area contributed by atoms with Gasteiger partial charge in [-0.1, -0.05) is 0 Å². The average molecular weight is 258 g/mol.